The molecule has 0 aliphatic heterocycles. The Hall–Kier alpha value is -2.06. The maximum atomic E-state index is 13.2. The van der Waals surface area contributed by atoms with Gasteiger partial charge in [-0.15, -0.1) is 0 Å². The van der Waals surface area contributed by atoms with Gasteiger partial charge in [-0.1, -0.05) is 11.8 Å². The molecule has 0 saturated heterocycles. The van der Waals surface area contributed by atoms with Gasteiger partial charge in [0.1, 0.15) is 5.82 Å². The predicted molar refractivity (Wildman–Crippen MR) is 76.9 cm³/mol. The molecule has 0 radical (unpaired) electrons. The van der Waals surface area contributed by atoms with Crippen molar-refractivity contribution in [2.24, 2.45) is 0 Å². The summed E-state index contributed by atoms with van der Waals surface area (Å²) in [4.78, 5) is 11.8. The highest BCUT2D eigenvalue weighted by Crippen LogP contribution is 2.16. The van der Waals surface area contributed by atoms with Crippen molar-refractivity contribution >= 4 is 11.7 Å². The second-order valence-corrected chi connectivity index (χ2v) is 5.29. The number of carbonyl (C=O) groups is 1. The van der Waals surface area contributed by atoms with Gasteiger partial charge >= 0.3 is 6.03 Å². The summed E-state index contributed by atoms with van der Waals surface area (Å²) in [5, 5.41) is 14.1. The minimum absolute atomic E-state index is 0.0599. The van der Waals surface area contributed by atoms with E-state index in [1.54, 1.807) is 0 Å². The highest BCUT2D eigenvalue weighted by Gasteiger charge is 2.14. The SMILES string of the molecule is CC(C)(C)NC(=O)Nc1ccc(F)cc1C#CCCO. The Morgan fingerprint density at radius 1 is 1.40 bits per heavy atom. The van der Waals surface area contributed by atoms with Crippen LogP contribution in [0.2, 0.25) is 0 Å². The smallest absolute Gasteiger partial charge is 0.319 e. The van der Waals surface area contributed by atoms with E-state index in [-0.39, 0.29) is 18.2 Å². The van der Waals surface area contributed by atoms with Crippen molar-refractivity contribution in [3.05, 3.63) is 29.6 Å². The van der Waals surface area contributed by atoms with E-state index in [1.807, 2.05) is 20.8 Å². The summed E-state index contributed by atoms with van der Waals surface area (Å²) < 4.78 is 13.2. The molecule has 1 aromatic rings. The lowest BCUT2D eigenvalue weighted by molar-refractivity contribution is 0.244. The number of carbonyl (C=O) groups excluding carboxylic acids is 1. The number of halogens is 1. The Morgan fingerprint density at radius 3 is 2.70 bits per heavy atom. The average Bonchev–Trinajstić information content (AvgIpc) is 2.30. The normalized spacial score (nSPS) is 10.4. The van der Waals surface area contributed by atoms with Gasteiger partial charge in [0.2, 0.25) is 0 Å². The zero-order valence-corrected chi connectivity index (χ0v) is 11.9. The molecule has 108 valence electrons. The zero-order valence-electron chi connectivity index (χ0n) is 11.9. The van der Waals surface area contributed by atoms with Crippen LogP contribution in [0.1, 0.15) is 32.8 Å². The Morgan fingerprint density at radius 2 is 2.10 bits per heavy atom. The summed E-state index contributed by atoms with van der Waals surface area (Å²) in [6, 6.07) is 3.58. The first-order valence-electron chi connectivity index (χ1n) is 6.30. The summed E-state index contributed by atoms with van der Waals surface area (Å²) in [7, 11) is 0. The number of benzene rings is 1. The van der Waals surface area contributed by atoms with Gasteiger partial charge in [0, 0.05) is 12.0 Å². The van der Waals surface area contributed by atoms with Crippen LogP contribution in [-0.4, -0.2) is 23.3 Å². The Balaban J connectivity index is 2.90. The number of hydrogen-bond acceptors (Lipinski definition) is 2. The van der Waals surface area contributed by atoms with E-state index in [0.717, 1.165) is 0 Å². The molecule has 0 aliphatic rings. The Kier molecular flexibility index (Phi) is 5.53. The molecule has 0 atom stereocenters. The molecule has 0 fully saturated rings. The average molecular weight is 278 g/mol. The molecule has 4 nitrogen and oxygen atoms in total. The van der Waals surface area contributed by atoms with E-state index in [0.29, 0.717) is 17.7 Å². The fourth-order valence-electron chi connectivity index (χ4n) is 1.44. The van der Waals surface area contributed by atoms with Crippen molar-refractivity contribution < 1.29 is 14.3 Å². The molecule has 0 bridgehead atoms. The molecule has 0 heterocycles. The van der Waals surface area contributed by atoms with Gasteiger partial charge in [-0.05, 0) is 39.0 Å². The quantitative estimate of drug-likeness (QED) is 0.728. The van der Waals surface area contributed by atoms with Gasteiger partial charge in [0.15, 0.2) is 0 Å². The number of hydrogen-bond donors (Lipinski definition) is 3. The molecular weight excluding hydrogens is 259 g/mol. The van der Waals surface area contributed by atoms with Crippen LogP contribution >= 0.6 is 0 Å². The fraction of sp³-hybridized carbons (Fsp3) is 0.400. The number of rotatable bonds is 2. The fourth-order valence-corrected chi connectivity index (χ4v) is 1.44. The third kappa shape index (κ3) is 5.72. The first-order chi connectivity index (χ1) is 9.31. The molecule has 5 heteroatoms. The first kappa shape index (κ1) is 16.0. The van der Waals surface area contributed by atoms with Gasteiger partial charge in [0.25, 0.3) is 0 Å². The molecule has 0 spiro atoms. The summed E-state index contributed by atoms with van der Waals surface area (Å²) in [5.74, 6) is 5.00. The van der Waals surface area contributed by atoms with Gasteiger partial charge in [-0.25, -0.2) is 9.18 Å². The molecule has 0 aromatic heterocycles. The molecule has 1 rings (SSSR count). The highest BCUT2D eigenvalue weighted by atomic mass is 19.1. The lowest BCUT2D eigenvalue weighted by Gasteiger charge is -2.21. The van der Waals surface area contributed by atoms with Crippen LogP contribution in [0, 0.1) is 17.7 Å². The number of aliphatic hydroxyl groups is 1. The number of nitrogens with one attached hydrogen (secondary N) is 2. The third-order valence-electron chi connectivity index (χ3n) is 2.18. The second-order valence-electron chi connectivity index (χ2n) is 5.29. The number of amides is 2. The molecule has 20 heavy (non-hydrogen) atoms. The third-order valence-corrected chi connectivity index (χ3v) is 2.18. The van der Waals surface area contributed by atoms with E-state index in [1.165, 1.54) is 18.2 Å². The van der Waals surface area contributed by atoms with E-state index >= 15 is 0 Å². The van der Waals surface area contributed by atoms with Crippen molar-refractivity contribution in [3.8, 4) is 11.8 Å². The van der Waals surface area contributed by atoms with E-state index in [9.17, 15) is 9.18 Å². The molecular formula is C15H19FN2O2. The van der Waals surface area contributed by atoms with Gasteiger partial charge in [-0.3, -0.25) is 0 Å². The number of urea groups is 1. The van der Waals surface area contributed by atoms with E-state index in [2.05, 4.69) is 22.5 Å². The first-order valence-corrected chi connectivity index (χ1v) is 6.30. The van der Waals surface area contributed by atoms with Crippen molar-refractivity contribution in [2.45, 2.75) is 32.7 Å². The van der Waals surface area contributed by atoms with Crippen LogP contribution in [0.4, 0.5) is 14.9 Å². The molecule has 0 saturated carbocycles. The van der Waals surface area contributed by atoms with Gasteiger partial charge in [-0.2, -0.15) is 0 Å². The summed E-state index contributed by atoms with van der Waals surface area (Å²) >= 11 is 0. The number of aliphatic hydroxyl groups excluding tert-OH is 1. The van der Waals surface area contributed by atoms with E-state index in [4.69, 9.17) is 5.11 Å². The van der Waals surface area contributed by atoms with Crippen LogP contribution in [0.3, 0.4) is 0 Å². The zero-order chi connectivity index (χ0) is 15.2. The minimum Gasteiger partial charge on any atom is -0.395 e. The molecule has 0 aliphatic carbocycles. The summed E-state index contributed by atoms with van der Waals surface area (Å²) in [6.45, 7) is 5.52. The van der Waals surface area contributed by atoms with Crippen LogP contribution in [0.5, 0.6) is 0 Å². The van der Waals surface area contributed by atoms with Crippen LogP contribution < -0.4 is 10.6 Å². The number of anilines is 1. The van der Waals surface area contributed by atoms with Gasteiger partial charge < -0.3 is 15.7 Å². The van der Waals surface area contributed by atoms with Crippen molar-refractivity contribution in [1.82, 2.24) is 5.32 Å². The largest absolute Gasteiger partial charge is 0.395 e. The molecule has 2 amide bonds. The topological polar surface area (TPSA) is 61.4 Å². The predicted octanol–water partition coefficient (Wildman–Crippen LogP) is 2.48. The van der Waals surface area contributed by atoms with E-state index < -0.39 is 5.82 Å². The molecule has 3 N–H and O–H groups in total. The van der Waals surface area contributed by atoms with Crippen molar-refractivity contribution in [3.63, 3.8) is 0 Å². The lowest BCUT2D eigenvalue weighted by atomic mass is 10.1. The minimum atomic E-state index is -0.430. The summed E-state index contributed by atoms with van der Waals surface area (Å²) in [6.07, 6.45) is 0.296. The molecule has 0 unspecified atom stereocenters. The lowest BCUT2D eigenvalue weighted by Crippen LogP contribution is -2.43. The summed E-state index contributed by atoms with van der Waals surface area (Å²) in [5.41, 5.74) is 0.438. The standard InChI is InChI=1S/C15H19FN2O2/c1-15(2,3)18-14(20)17-13-8-7-12(16)10-11(13)6-4-5-9-19/h7-8,10,19H,5,9H2,1-3H3,(H2,17,18,20). The maximum absolute atomic E-state index is 13.2. The molecule has 1 aromatic carbocycles. The Labute approximate surface area is 118 Å². The van der Waals surface area contributed by atoms with Gasteiger partial charge in [0.05, 0.1) is 17.9 Å². The van der Waals surface area contributed by atoms with Crippen LogP contribution in [0.15, 0.2) is 18.2 Å². The second kappa shape index (κ2) is 6.92. The van der Waals surface area contributed by atoms with Crippen LogP contribution in [0.25, 0.3) is 0 Å². The van der Waals surface area contributed by atoms with Crippen molar-refractivity contribution in [1.29, 1.82) is 0 Å². The monoisotopic (exact) mass is 278 g/mol. The maximum Gasteiger partial charge on any atom is 0.319 e. The highest BCUT2D eigenvalue weighted by molar-refractivity contribution is 5.91. The van der Waals surface area contributed by atoms with Crippen molar-refractivity contribution in [2.75, 3.05) is 11.9 Å². The van der Waals surface area contributed by atoms with Crippen LogP contribution in [-0.2, 0) is 0 Å². The Bertz CT molecular complexity index is 539.